The van der Waals surface area contributed by atoms with E-state index in [1.807, 2.05) is 0 Å². The van der Waals surface area contributed by atoms with Crippen LogP contribution in [0.3, 0.4) is 0 Å². The fourth-order valence-corrected chi connectivity index (χ4v) is 1.95. The Kier molecular flexibility index (Phi) is 2.51. The van der Waals surface area contributed by atoms with Crippen molar-refractivity contribution in [2.45, 2.75) is 5.09 Å². The average molecular weight is 244 g/mol. The first-order valence-corrected chi connectivity index (χ1v) is 5.65. The zero-order chi connectivity index (χ0) is 11.8. The van der Waals surface area contributed by atoms with Crippen molar-refractivity contribution in [1.29, 1.82) is 0 Å². The zero-order valence-corrected chi connectivity index (χ0v) is 8.67. The SMILES string of the molecule is O=S(=O)(F)c1occc1-c1ccc(F)cc1. The summed E-state index contributed by atoms with van der Waals surface area (Å²) in [6.07, 6.45) is 1.06. The van der Waals surface area contributed by atoms with Crippen LogP contribution in [0.1, 0.15) is 0 Å². The second-order valence-corrected chi connectivity index (χ2v) is 4.31. The largest absolute Gasteiger partial charge is 0.450 e. The number of hydrogen-bond donors (Lipinski definition) is 0. The molecule has 0 N–H and O–H groups in total. The summed E-state index contributed by atoms with van der Waals surface area (Å²) < 4.78 is 51.4. The Morgan fingerprint density at radius 1 is 1.06 bits per heavy atom. The third kappa shape index (κ3) is 1.96. The van der Waals surface area contributed by atoms with Gasteiger partial charge in [0.25, 0.3) is 5.09 Å². The molecule has 0 bridgehead atoms. The van der Waals surface area contributed by atoms with Crippen LogP contribution in [-0.4, -0.2) is 8.42 Å². The van der Waals surface area contributed by atoms with Gasteiger partial charge in [0.1, 0.15) is 5.82 Å². The van der Waals surface area contributed by atoms with Crippen molar-refractivity contribution in [3.63, 3.8) is 0 Å². The smallest absolute Gasteiger partial charge is 0.366 e. The van der Waals surface area contributed by atoms with Gasteiger partial charge in [-0.3, -0.25) is 0 Å². The van der Waals surface area contributed by atoms with Crippen molar-refractivity contribution >= 4 is 10.2 Å². The summed E-state index contributed by atoms with van der Waals surface area (Å²) in [4.78, 5) is 0. The quantitative estimate of drug-likeness (QED) is 0.763. The van der Waals surface area contributed by atoms with Crippen LogP contribution in [0.25, 0.3) is 11.1 Å². The van der Waals surface area contributed by atoms with E-state index in [2.05, 4.69) is 4.42 Å². The highest BCUT2D eigenvalue weighted by molar-refractivity contribution is 7.86. The minimum Gasteiger partial charge on any atom is -0.450 e. The molecule has 1 heterocycles. The maximum atomic E-state index is 12.8. The van der Waals surface area contributed by atoms with Gasteiger partial charge in [-0.05, 0) is 23.8 Å². The molecule has 6 heteroatoms. The maximum Gasteiger partial charge on any atom is 0.366 e. The van der Waals surface area contributed by atoms with Gasteiger partial charge in [0.2, 0.25) is 0 Å². The second-order valence-electron chi connectivity index (χ2n) is 3.07. The fraction of sp³-hybridized carbons (Fsp3) is 0. The van der Waals surface area contributed by atoms with Crippen molar-refractivity contribution < 1.29 is 21.1 Å². The molecule has 2 aromatic rings. The Morgan fingerprint density at radius 2 is 1.69 bits per heavy atom. The Balaban J connectivity index is 2.58. The van der Waals surface area contributed by atoms with Crippen molar-refractivity contribution in [1.82, 2.24) is 0 Å². The van der Waals surface area contributed by atoms with Gasteiger partial charge >= 0.3 is 10.2 Å². The van der Waals surface area contributed by atoms with Crippen LogP contribution in [0.2, 0.25) is 0 Å². The summed E-state index contributed by atoms with van der Waals surface area (Å²) in [5.41, 5.74) is 0.439. The molecule has 0 aliphatic rings. The third-order valence-electron chi connectivity index (χ3n) is 2.01. The lowest BCUT2D eigenvalue weighted by molar-refractivity contribution is 0.436. The molecule has 2 rings (SSSR count). The molecule has 3 nitrogen and oxygen atoms in total. The van der Waals surface area contributed by atoms with Crippen molar-refractivity contribution in [2.24, 2.45) is 0 Å². The Morgan fingerprint density at radius 3 is 2.25 bits per heavy atom. The molecule has 0 unspecified atom stereocenters. The fourth-order valence-electron chi connectivity index (χ4n) is 1.33. The molecule has 0 aliphatic carbocycles. The molecule has 0 aliphatic heterocycles. The van der Waals surface area contributed by atoms with E-state index in [1.165, 1.54) is 18.2 Å². The van der Waals surface area contributed by atoms with E-state index >= 15 is 0 Å². The first-order chi connectivity index (χ1) is 7.48. The normalized spacial score (nSPS) is 11.6. The van der Waals surface area contributed by atoms with Crippen LogP contribution in [0, 0.1) is 5.82 Å². The van der Waals surface area contributed by atoms with Gasteiger partial charge in [-0.15, -0.1) is 0 Å². The number of benzene rings is 1. The highest BCUT2D eigenvalue weighted by Crippen LogP contribution is 2.29. The Labute approximate surface area is 90.5 Å². The van der Waals surface area contributed by atoms with E-state index in [0.29, 0.717) is 5.56 Å². The van der Waals surface area contributed by atoms with Crippen LogP contribution in [0.15, 0.2) is 46.1 Å². The Hall–Kier alpha value is -1.69. The van der Waals surface area contributed by atoms with E-state index in [4.69, 9.17) is 0 Å². The van der Waals surface area contributed by atoms with Gasteiger partial charge in [0.15, 0.2) is 0 Å². The Bertz CT molecular complexity index is 599. The van der Waals surface area contributed by atoms with Crippen molar-refractivity contribution in [3.05, 3.63) is 42.4 Å². The number of furan rings is 1. The predicted octanol–water partition coefficient (Wildman–Crippen LogP) is 2.74. The van der Waals surface area contributed by atoms with Crippen LogP contribution >= 0.6 is 0 Å². The summed E-state index contributed by atoms with van der Waals surface area (Å²) in [5.74, 6) is -0.461. The van der Waals surface area contributed by atoms with Crippen LogP contribution in [0.4, 0.5) is 8.28 Å². The summed E-state index contributed by atoms with van der Waals surface area (Å²) in [7, 11) is -4.91. The lowest BCUT2D eigenvalue weighted by Crippen LogP contribution is -1.91. The van der Waals surface area contributed by atoms with Crippen molar-refractivity contribution in [3.8, 4) is 11.1 Å². The lowest BCUT2D eigenvalue weighted by atomic mass is 10.1. The minimum atomic E-state index is -4.91. The van der Waals surface area contributed by atoms with Gasteiger partial charge in [-0.2, -0.15) is 8.42 Å². The maximum absolute atomic E-state index is 12.8. The van der Waals surface area contributed by atoms with Gasteiger partial charge in [-0.25, -0.2) is 4.39 Å². The first-order valence-electron chi connectivity index (χ1n) is 4.26. The topological polar surface area (TPSA) is 47.3 Å². The molecule has 0 saturated heterocycles. The van der Waals surface area contributed by atoms with E-state index < -0.39 is 21.1 Å². The summed E-state index contributed by atoms with van der Waals surface area (Å²) in [6.45, 7) is 0. The van der Waals surface area contributed by atoms with Gasteiger partial charge in [0.05, 0.1) is 6.26 Å². The first kappa shape index (κ1) is 10.8. The molecule has 0 radical (unpaired) electrons. The molecule has 16 heavy (non-hydrogen) atoms. The van der Waals surface area contributed by atoms with E-state index in [-0.39, 0.29) is 5.56 Å². The van der Waals surface area contributed by atoms with E-state index in [9.17, 15) is 16.7 Å². The monoisotopic (exact) mass is 244 g/mol. The molecule has 0 amide bonds. The summed E-state index contributed by atoms with van der Waals surface area (Å²) in [5, 5.41) is -0.765. The summed E-state index contributed by atoms with van der Waals surface area (Å²) in [6, 6.07) is 6.29. The molecular formula is C10H6F2O3S. The highest BCUT2D eigenvalue weighted by Gasteiger charge is 2.22. The molecule has 0 saturated carbocycles. The van der Waals surface area contributed by atoms with Crippen LogP contribution < -0.4 is 0 Å². The minimum absolute atomic E-state index is 0.0718. The standard InChI is InChI=1S/C10H6F2O3S/c11-8-3-1-7(2-4-8)9-5-6-15-10(9)16(12,13)14/h1-6H. The molecule has 1 aromatic carbocycles. The molecule has 0 spiro atoms. The predicted molar refractivity (Wildman–Crippen MR) is 52.4 cm³/mol. The molecule has 0 atom stereocenters. The molecule has 84 valence electrons. The molecule has 1 aromatic heterocycles. The summed E-state index contributed by atoms with van der Waals surface area (Å²) >= 11 is 0. The van der Waals surface area contributed by atoms with Crippen molar-refractivity contribution in [2.75, 3.05) is 0 Å². The lowest BCUT2D eigenvalue weighted by Gasteiger charge is -1.98. The van der Waals surface area contributed by atoms with E-state index in [0.717, 1.165) is 18.4 Å². The van der Waals surface area contributed by atoms with Gasteiger partial charge in [0, 0.05) is 5.56 Å². The zero-order valence-electron chi connectivity index (χ0n) is 7.85. The highest BCUT2D eigenvalue weighted by atomic mass is 32.3. The third-order valence-corrected chi connectivity index (χ3v) is 2.77. The van der Waals surface area contributed by atoms with Crippen LogP contribution in [-0.2, 0) is 10.2 Å². The molecule has 0 fully saturated rings. The molecular weight excluding hydrogens is 238 g/mol. The average Bonchev–Trinajstić information content (AvgIpc) is 2.66. The van der Waals surface area contributed by atoms with Gasteiger partial charge < -0.3 is 4.42 Å². The van der Waals surface area contributed by atoms with Crippen LogP contribution in [0.5, 0.6) is 0 Å². The number of halogens is 2. The van der Waals surface area contributed by atoms with E-state index in [1.54, 1.807) is 0 Å². The second kappa shape index (κ2) is 3.71. The van der Waals surface area contributed by atoms with Gasteiger partial charge in [-0.1, -0.05) is 16.0 Å². The number of rotatable bonds is 2. The number of hydrogen-bond acceptors (Lipinski definition) is 3.